The van der Waals surface area contributed by atoms with Crippen molar-refractivity contribution in [3.8, 4) is 0 Å². The molecule has 0 aliphatic rings. The Bertz CT molecular complexity index is 694. The van der Waals surface area contributed by atoms with E-state index in [2.05, 4.69) is 23.8 Å². The van der Waals surface area contributed by atoms with Gasteiger partial charge in [-0.2, -0.15) is 0 Å². The molecule has 0 radical (unpaired) electrons. The summed E-state index contributed by atoms with van der Waals surface area (Å²) in [5.41, 5.74) is 2.70. The van der Waals surface area contributed by atoms with Gasteiger partial charge < -0.3 is 14.2 Å². The van der Waals surface area contributed by atoms with E-state index in [4.69, 9.17) is 14.2 Å². The summed E-state index contributed by atoms with van der Waals surface area (Å²) in [6.07, 6.45) is 7.55. The average Bonchev–Trinajstić information content (AvgIpc) is 2.92. The molecular formula is C18H28N2O4S. The molecule has 2 aromatic rings. The minimum absolute atomic E-state index is 0.327. The van der Waals surface area contributed by atoms with Crippen LogP contribution in [0.15, 0.2) is 18.2 Å². The molecule has 0 saturated carbocycles. The van der Waals surface area contributed by atoms with Gasteiger partial charge in [0.2, 0.25) is 0 Å². The van der Waals surface area contributed by atoms with Crippen molar-refractivity contribution in [2.75, 3.05) is 51.5 Å². The van der Waals surface area contributed by atoms with Crippen LogP contribution in [-0.2, 0) is 27.5 Å². The third-order valence-corrected chi connectivity index (χ3v) is 5.10. The summed E-state index contributed by atoms with van der Waals surface area (Å²) >= 11 is 0. The van der Waals surface area contributed by atoms with Gasteiger partial charge >= 0.3 is 0 Å². The first-order chi connectivity index (χ1) is 11.9. The molecule has 0 amide bonds. The van der Waals surface area contributed by atoms with Crippen LogP contribution in [0.3, 0.4) is 0 Å². The van der Waals surface area contributed by atoms with E-state index in [1.54, 1.807) is 7.11 Å². The van der Waals surface area contributed by atoms with Crippen LogP contribution in [0.2, 0.25) is 0 Å². The van der Waals surface area contributed by atoms with Crippen molar-refractivity contribution in [1.29, 1.82) is 0 Å². The molecule has 0 aliphatic heterocycles. The Kier molecular flexibility index (Phi) is 7.43. The molecule has 0 atom stereocenters. The first-order valence-electron chi connectivity index (χ1n) is 8.19. The molecule has 0 aliphatic carbocycles. The Morgan fingerprint density at radius 3 is 2.64 bits per heavy atom. The second kappa shape index (κ2) is 9.33. The predicted octanol–water partition coefficient (Wildman–Crippen LogP) is 2.68. The van der Waals surface area contributed by atoms with Crippen molar-refractivity contribution in [1.82, 2.24) is 9.55 Å². The normalized spacial score (nSPS) is 12.6. The van der Waals surface area contributed by atoms with E-state index in [0.29, 0.717) is 39.0 Å². The van der Waals surface area contributed by atoms with Gasteiger partial charge in [0.05, 0.1) is 37.5 Å². The largest absolute Gasteiger partial charge is 0.382 e. The highest BCUT2D eigenvalue weighted by atomic mass is 32.3. The maximum atomic E-state index is 11.3. The van der Waals surface area contributed by atoms with Crippen LogP contribution in [-0.4, -0.2) is 67.3 Å². The number of carbonyl (C=O) groups is 1. The molecule has 0 N–H and O–H groups in total. The van der Waals surface area contributed by atoms with Crippen LogP contribution in [0, 0.1) is 0 Å². The lowest BCUT2D eigenvalue weighted by atomic mass is 10.2. The molecule has 0 unspecified atom stereocenters. The van der Waals surface area contributed by atoms with Gasteiger partial charge in [0.15, 0.2) is 12.1 Å². The van der Waals surface area contributed by atoms with Crippen LogP contribution in [0.1, 0.15) is 16.2 Å². The second-order valence-electron chi connectivity index (χ2n) is 6.72. The zero-order valence-electron chi connectivity index (χ0n) is 15.5. The topological polar surface area (TPSA) is 62.6 Å². The number of carbonyl (C=O) groups excluding carboxylic acids is 1. The Labute approximate surface area is 150 Å². The molecule has 25 heavy (non-hydrogen) atoms. The van der Waals surface area contributed by atoms with E-state index in [1.165, 1.54) is 0 Å². The van der Waals surface area contributed by atoms with Gasteiger partial charge in [-0.1, -0.05) is 6.07 Å². The molecule has 6 nitrogen and oxygen atoms in total. The van der Waals surface area contributed by atoms with Crippen molar-refractivity contribution in [2.24, 2.45) is 0 Å². The monoisotopic (exact) mass is 368 g/mol. The predicted molar refractivity (Wildman–Crippen MR) is 103 cm³/mol. The van der Waals surface area contributed by atoms with Crippen LogP contribution in [0.4, 0.5) is 0 Å². The van der Waals surface area contributed by atoms with Crippen molar-refractivity contribution in [2.45, 2.75) is 13.3 Å². The van der Waals surface area contributed by atoms with Gasteiger partial charge in [0.1, 0.15) is 6.73 Å². The highest BCUT2D eigenvalue weighted by Gasteiger charge is 2.11. The fourth-order valence-electron chi connectivity index (χ4n) is 2.30. The lowest BCUT2D eigenvalue weighted by Gasteiger charge is -2.24. The lowest BCUT2D eigenvalue weighted by Crippen LogP contribution is -2.11. The third kappa shape index (κ3) is 6.11. The molecule has 0 fully saturated rings. The summed E-state index contributed by atoms with van der Waals surface area (Å²) in [6.45, 7) is 2.62. The van der Waals surface area contributed by atoms with Crippen molar-refractivity contribution in [3.05, 3.63) is 29.6 Å². The molecule has 1 aromatic heterocycles. The molecule has 140 valence electrons. The Balaban J connectivity index is 2.09. The fraction of sp³-hybridized carbons (Fsp3) is 0.556. The number of methoxy groups -OCH3 is 1. The molecular weight excluding hydrogens is 340 g/mol. The number of aromatic nitrogens is 2. The number of nitrogens with zero attached hydrogens (tertiary/aromatic N) is 2. The van der Waals surface area contributed by atoms with E-state index < -0.39 is 10.0 Å². The number of imidazole rings is 1. The fourth-order valence-corrected chi connectivity index (χ4v) is 2.92. The average molecular weight is 368 g/mol. The van der Waals surface area contributed by atoms with Gasteiger partial charge in [-0.05, 0) is 36.5 Å². The molecule has 7 heteroatoms. The van der Waals surface area contributed by atoms with E-state index in [0.717, 1.165) is 28.6 Å². The second-order valence-corrected chi connectivity index (χ2v) is 11.3. The maximum absolute atomic E-state index is 11.3. The minimum atomic E-state index is -0.591. The van der Waals surface area contributed by atoms with Crippen LogP contribution in [0.5, 0.6) is 0 Å². The van der Waals surface area contributed by atoms with Crippen LogP contribution >= 0.6 is 10.0 Å². The SMILES string of the molecule is COCCOCc1ccc2nc(C=O)n(COCCS(C)(C)C)c2c1. The molecule has 0 spiro atoms. The minimum Gasteiger partial charge on any atom is -0.382 e. The van der Waals surface area contributed by atoms with E-state index in [9.17, 15) is 4.79 Å². The van der Waals surface area contributed by atoms with E-state index >= 15 is 0 Å². The molecule has 1 heterocycles. The number of ether oxygens (including phenoxy) is 3. The number of hydrogen-bond acceptors (Lipinski definition) is 5. The smallest absolute Gasteiger partial charge is 0.185 e. The van der Waals surface area contributed by atoms with Gasteiger partial charge in [-0.3, -0.25) is 9.36 Å². The van der Waals surface area contributed by atoms with E-state index in [1.807, 2.05) is 22.8 Å². The Morgan fingerprint density at radius 2 is 1.96 bits per heavy atom. The highest BCUT2D eigenvalue weighted by Crippen LogP contribution is 2.33. The quantitative estimate of drug-likeness (QED) is 0.451. The zero-order valence-corrected chi connectivity index (χ0v) is 16.3. The van der Waals surface area contributed by atoms with E-state index in [-0.39, 0.29) is 0 Å². The van der Waals surface area contributed by atoms with Gasteiger partial charge in [0.25, 0.3) is 0 Å². The van der Waals surface area contributed by atoms with Crippen LogP contribution < -0.4 is 0 Å². The summed E-state index contributed by atoms with van der Waals surface area (Å²) < 4.78 is 18.2. The summed E-state index contributed by atoms with van der Waals surface area (Å²) in [5.74, 6) is 1.42. The van der Waals surface area contributed by atoms with Gasteiger partial charge in [-0.25, -0.2) is 15.0 Å². The Morgan fingerprint density at radius 1 is 1.16 bits per heavy atom. The van der Waals surface area contributed by atoms with Crippen molar-refractivity contribution < 1.29 is 19.0 Å². The molecule has 1 aromatic carbocycles. The third-order valence-electron chi connectivity index (χ3n) is 3.71. The number of aldehydes is 1. The van der Waals surface area contributed by atoms with Crippen LogP contribution in [0.25, 0.3) is 11.0 Å². The Hall–Kier alpha value is -1.41. The molecule has 0 saturated heterocycles. The maximum Gasteiger partial charge on any atom is 0.185 e. The number of fused-ring (bicyclic) bond motifs is 1. The summed E-state index contributed by atoms with van der Waals surface area (Å²) in [7, 11) is 1.06. The van der Waals surface area contributed by atoms with Crippen molar-refractivity contribution >= 4 is 27.3 Å². The van der Waals surface area contributed by atoms with Gasteiger partial charge in [-0.15, -0.1) is 0 Å². The first-order valence-corrected chi connectivity index (χ1v) is 11.2. The number of rotatable bonds is 11. The van der Waals surface area contributed by atoms with Gasteiger partial charge in [0, 0.05) is 12.9 Å². The zero-order chi connectivity index (χ0) is 18.3. The first kappa shape index (κ1) is 19.9. The summed E-state index contributed by atoms with van der Waals surface area (Å²) in [5, 5.41) is 0. The molecule has 2 rings (SSSR count). The highest BCUT2D eigenvalue weighted by molar-refractivity contribution is 8.32. The van der Waals surface area contributed by atoms with Crippen molar-refractivity contribution in [3.63, 3.8) is 0 Å². The standard InChI is InChI=1S/C18H28N2O4S/c1-22-7-8-23-13-15-5-6-16-17(11-15)20(18(12-21)19-16)14-24-9-10-25(2,3)4/h5-6,11-12H,7-10,13-14H2,1-4H3. The summed E-state index contributed by atoms with van der Waals surface area (Å²) in [6, 6.07) is 5.87. The lowest BCUT2D eigenvalue weighted by molar-refractivity contribution is 0.0616. The summed E-state index contributed by atoms with van der Waals surface area (Å²) in [4.78, 5) is 15.7. The number of benzene rings is 1. The molecule has 0 bridgehead atoms. The number of hydrogen-bond donors (Lipinski definition) is 0.